The lowest BCUT2D eigenvalue weighted by molar-refractivity contribution is -0.149. The number of esters is 2. The third-order valence-corrected chi connectivity index (χ3v) is 20.5. The molecule has 9 rings (SSSR count). The molecule has 2 aliphatic carbocycles. The summed E-state index contributed by atoms with van der Waals surface area (Å²) >= 11 is 16.1. The average Bonchev–Trinajstić information content (AvgIpc) is 1.64. The molecule has 1 aliphatic heterocycles. The number of imidazole rings is 2. The highest BCUT2D eigenvalue weighted by Crippen LogP contribution is 2.48. The van der Waals surface area contributed by atoms with Gasteiger partial charge < -0.3 is 46.9 Å². The number of aryl methyl sites for hydroxylation is 2. The molecule has 0 unspecified atom stereocenters. The minimum Gasteiger partial charge on any atom is -0.476 e. The molecule has 6 aromatic rings. The lowest BCUT2D eigenvalue weighted by Crippen LogP contribution is -2.41. The molecule has 3 fully saturated rings. The monoisotopic (exact) mass is 1400 g/mol. The van der Waals surface area contributed by atoms with Gasteiger partial charge in [0.15, 0.2) is 11.4 Å². The average molecular weight is 1400 g/mol. The van der Waals surface area contributed by atoms with Gasteiger partial charge in [-0.05, 0) is 126 Å². The van der Waals surface area contributed by atoms with Gasteiger partial charge >= 0.3 is 31.4 Å². The van der Waals surface area contributed by atoms with E-state index in [1.165, 1.54) is 23.4 Å². The Labute approximate surface area is 542 Å². The van der Waals surface area contributed by atoms with Gasteiger partial charge in [-0.3, -0.25) is 9.59 Å². The number of carbonyl (C=O) groups is 2. The van der Waals surface area contributed by atoms with Crippen molar-refractivity contribution >= 4 is 79.8 Å². The standard InChI is InChI=1S/C28H33ClF3N3O4Si.C18H26BNO5.C16H19BrClF3N2OSi/c1-18-12-24(39-16-27(8-9-27)26(36)37-2)33-14-21(18)19-6-7-20(22(29)13-19)25-34-23(28(30,31)32)15-35(25)17-38-10-11-40(3,4)5;1-12-9-14(23-11-18(7-8-18)15(21)22-6)20-10-13(12)19-24-16(2,3)17(4,5)25-19;1-25(2,3)7-6-24-10-23-9-14(16(19,20)21)22-15(23)12-5-4-11(17)8-13(12)18/h6-7,12-15H,8-11,16-17H2,1-5H3;9-10H,7-8,11H2,1-6H3;4-5,8-9H,6-7,10H2,1-3H3. The zero-order chi connectivity index (χ0) is 66.6. The van der Waals surface area contributed by atoms with E-state index >= 15 is 0 Å². The molecule has 2 aromatic carbocycles. The quantitative estimate of drug-likeness (QED) is 0.0272. The van der Waals surface area contributed by atoms with Crippen molar-refractivity contribution in [2.24, 2.45) is 10.8 Å². The summed E-state index contributed by atoms with van der Waals surface area (Å²) in [7, 11) is -0.300. The molecular weight excluding hydrogens is 1320 g/mol. The van der Waals surface area contributed by atoms with Gasteiger partial charge in [0.25, 0.3) is 0 Å². The molecule has 16 nitrogen and oxygen atoms in total. The second-order valence-corrected chi connectivity index (χ2v) is 39.2. The Morgan fingerprint density at radius 2 is 1.06 bits per heavy atom. The number of alkyl halides is 6. The number of carbonyl (C=O) groups excluding carboxylic acids is 2. The number of ether oxygens (including phenoxy) is 6. The second-order valence-electron chi connectivity index (χ2n) is 26.3. The van der Waals surface area contributed by atoms with Crippen molar-refractivity contribution in [2.75, 3.05) is 40.6 Å². The number of hydrogen-bond acceptors (Lipinski definition) is 14. The number of nitrogens with zero attached hydrogens (tertiary/aromatic N) is 6. The maximum Gasteiger partial charge on any atom is 0.496 e. The number of aromatic nitrogens is 6. The Kier molecular flexibility index (Phi) is 22.8. The van der Waals surface area contributed by atoms with Crippen molar-refractivity contribution in [2.45, 2.75) is 156 Å². The topological polar surface area (TPSA) is 169 Å². The van der Waals surface area contributed by atoms with E-state index in [0.717, 1.165) is 82.4 Å². The van der Waals surface area contributed by atoms with Crippen LogP contribution in [-0.2, 0) is 63.7 Å². The molecule has 0 radical (unpaired) electrons. The molecule has 1 saturated heterocycles. The molecule has 0 N–H and O–H groups in total. The highest BCUT2D eigenvalue weighted by Gasteiger charge is 2.54. The first-order valence-electron chi connectivity index (χ1n) is 29.2. The van der Waals surface area contributed by atoms with E-state index in [0.29, 0.717) is 47.7 Å². The van der Waals surface area contributed by atoms with Crippen LogP contribution in [0.1, 0.15) is 75.9 Å². The Morgan fingerprint density at radius 3 is 1.43 bits per heavy atom. The Balaban J connectivity index is 0.000000201. The van der Waals surface area contributed by atoms with Crippen LogP contribution in [0.4, 0.5) is 26.3 Å². The lowest BCUT2D eigenvalue weighted by Gasteiger charge is -2.32. The summed E-state index contributed by atoms with van der Waals surface area (Å²) in [6.07, 6.45) is -0.824. The smallest absolute Gasteiger partial charge is 0.476 e. The number of pyridine rings is 2. The van der Waals surface area contributed by atoms with E-state index in [9.17, 15) is 35.9 Å². The molecule has 0 bridgehead atoms. The van der Waals surface area contributed by atoms with Crippen LogP contribution in [0, 0.1) is 24.7 Å². The summed E-state index contributed by atoms with van der Waals surface area (Å²) in [6, 6.07) is 15.5. The first-order chi connectivity index (χ1) is 41.8. The minimum absolute atomic E-state index is 0.00468. The van der Waals surface area contributed by atoms with Crippen molar-refractivity contribution in [1.29, 1.82) is 0 Å². The molecule has 90 heavy (non-hydrogen) atoms. The second kappa shape index (κ2) is 28.5. The number of benzene rings is 2. The van der Waals surface area contributed by atoms with Crippen molar-refractivity contribution < 1.29 is 73.7 Å². The fourth-order valence-electron chi connectivity index (χ4n) is 9.07. The molecule has 490 valence electrons. The van der Waals surface area contributed by atoms with Crippen LogP contribution in [0.3, 0.4) is 0 Å². The zero-order valence-corrected chi connectivity index (χ0v) is 58.3. The van der Waals surface area contributed by atoms with E-state index < -0.39 is 69.0 Å². The van der Waals surface area contributed by atoms with Crippen LogP contribution < -0.4 is 14.9 Å². The van der Waals surface area contributed by atoms with Gasteiger partial charge in [-0.1, -0.05) is 84.5 Å². The fraction of sp³-hybridized carbons (Fsp3) is 0.516. The van der Waals surface area contributed by atoms with Gasteiger partial charge in [0, 0.05) is 92.9 Å². The van der Waals surface area contributed by atoms with Gasteiger partial charge in [-0.15, -0.1) is 0 Å². The predicted octanol–water partition coefficient (Wildman–Crippen LogP) is 15.6. The van der Waals surface area contributed by atoms with E-state index in [1.807, 2.05) is 47.6 Å². The number of hydrogen-bond donors (Lipinski definition) is 0. The number of rotatable bonds is 22. The number of methoxy groups -OCH3 is 2. The first-order valence-corrected chi connectivity index (χ1v) is 38.2. The highest BCUT2D eigenvalue weighted by atomic mass is 79.9. The molecular formula is C62H78BBrCl2F6N6O10Si2. The third-order valence-electron chi connectivity index (χ3n) is 15.9. The summed E-state index contributed by atoms with van der Waals surface area (Å²) in [5.41, 5.74) is 1.19. The van der Waals surface area contributed by atoms with Crippen LogP contribution in [0.25, 0.3) is 33.9 Å². The first kappa shape index (κ1) is 72.1. The molecule has 0 spiro atoms. The normalized spacial score (nSPS) is 16.3. The zero-order valence-electron chi connectivity index (χ0n) is 53.2. The van der Waals surface area contributed by atoms with Gasteiger partial charge in [0.2, 0.25) is 11.8 Å². The molecule has 0 atom stereocenters. The van der Waals surface area contributed by atoms with E-state index in [4.69, 9.17) is 60.9 Å². The summed E-state index contributed by atoms with van der Waals surface area (Å²) in [6.45, 7) is 26.6. The maximum atomic E-state index is 13.5. The van der Waals surface area contributed by atoms with Crippen molar-refractivity contribution in [3.63, 3.8) is 0 Å². The van der Waals surface area contributed by atoms with Gasteiger partial charge in [0.1, 0.15) is 49.2 Å². The summed E-state index contributed by atoms with van der Waals surface area (Å²) in [4.78, 5) is 40.1. The van der Waals surface area contributed by atoms with E-state index in [1.54, 1.807) is 54.9 Å². The largest absolute Gasteiger partial charge is 0.496 e. The highest BCUT2D eigenvalue weighted by molar-refractivity contribution is 9.10. The molecule has 28 heteroatoms. The van der Waals surface area contributed by atoms with Gasteiger partial charge in [0.05, 0.1) is 35.5 Å². The van der Waals surface area contributed by atoms with Crippen LogP contribution in [0.15, 0.2) is 77.8 Å². The summed E-state index contributed by atoms with van der Waals surface area (Å²) in [5, 5.41) is 0.561. The third kappa shape index (κ3) is 18.7. The molecule has 5 heterocycles. The van der Waals surface area contributed by atoms with Gasteiger partial charge in [-0.2, -0.15) is 26.3 Å². The fourth-order valence-corrected chi connectivity index (χ4v) is 11.6. The number of halogens is 9. The van der Waals surface area contributed by atoms with Crippen molar-refractivity contribution in [1.82, 2.24) is 29.1 Å². The summed E-state index contributed by atoms with van der Waals surface area (Å²) < 4.78 is 128. The molecule has 0 amide bonds. The van der Waals surface area contributed by atoms with Crippen LogP contribution in [0.5, 0.6) is 11.8 Å². The van der Waals surface area contributed by atoms with Crippen molar-refractivity contribution in [3.05, 3.63) is 110 Å². The maximum absolute atomic E-state index is 13.5. The SMILES string of the molecule is COC(=O)C1(COc2cc(C)c(-c3ccc(-c4nc(C(F)(F)F)cn4COCC[Si](C)(C)C)c(Cl)c3)cn2)CC1.COC(=O)C1(COc2cc(C)c(B3OC(C)(C)C(C)(C)O3)cn2)CC1.C[Si](C)(C)CCOCn1cc(C(F)(F)F)nc1-c1ccc(Br)cc1Cl. The van der Waals surface area contributed by atoms with Crippen LogP contribution >= 0.6 is 39.1 Å². The van der Waals surface area contributed by atoms with Crippen LogP contribution in [-0.4, -0.2) is 116 Å². The molecule has 4 aromatic heterocycles. The van der Waals surface area contributed by atoms with Crippen molar-refractivity contribution in [3.8, 4) is 45.7 Å². The lowest BCUT2D eigenvalue weighted by atomic mass is 9.77. The predicted molar refractivity (Wildman–Crippen MR) is 342 cm³/mol. The van der Waals surface area contributed by atoms with Gasteiger partial charge in [-0.25, -0.2) is 19.9 Å². The van der Waals surface area contributed by atoms with E-state index in [2.05, 4.69) is 75.1 Å². The van der Waals surface area contributed by atoms with E-state index in [-0.39, 0.29) is 48.7 Å². The molecule has 2 saturated carbocycles. The molecule has 3 aliphatic rings. The Hall–Kier alpha value is -5.32. The Morgan fingerprint density at radius 1 is 0.633 bits per heavy atom. The van der Waals surface area contributed by atoms with Crippen LogP contribution in [0.2, 0.25) is 61.4 Å². The Bertz CT molecular complexity index is 3500. The minimum atomic E-state index is -4.60. The summed E-state index contributed by atoms with van der Waals surface area (Å²) in [5.74, 6) is 0.602.